The number of rotatable bonds is 3. The molecule has 0 spiro atoms. The maximum atomic E-state index is 13.4. The van der Waals surface area contributed by atoms with Crippen molar-refractivity contribution in [3.05, 3.63) is 34.1 Å². The quantitative estimate of drug-likeness (QED) is 0.790. The fraction of sp³-hybridized carbons (Fsp3) is 0.625. The van der Waals surface area contributed by atoms with Gasteiger partial charge in [0.05, 0.1) is 0 Å². The highest BCUT2D eigenvalue weighted by atomic mass is 79.9. The van der Waals surface area contributed by atoms with Crippen molar-refractivity contribution in [2.75, 3.05) is 39.4 Å². The molecule has 23 heavy (non-hydrogen) atoms. The Labute approximate surface area is 158 Å². The molecule has 2 fully saturated rings. The van der Waals surface area contributed by atoms with Crippen LogP contribution in [0, 0.1) is 11.7 Å². The van der Waals surface area contributed by atoms with E-state index in [9.17, 15) is 4.39 Å². The minimum atomic E-state index is -0.184. The highest BCUT2D eigenvalue weighted by Crippen LogP contribution is 2.38. The molecule has 0 radical (unpaired) electrons. The van der Waals surface area contributed by atoms with Gasteiger partial charge >= 0.3 is 0 Å². The summed E-state index contributed by atoms with van der Waals surface area (Å²) in [6, 6.07) is 5.46. The highest BCUT2D eigenvalue weighted by molar-refractivity contribution is 9.10. The van der Waals surface area contributed by atoms with Crippen molar-refractivity contribution in [1.29, 1.82) is 0 Å². The van der Waals surface area contributed by atoms with Crippen molar-refractivity contribution >= 4 is 40.7 Å². The van der Waals surface area contributed by atoms with E-state index in [2.05, 4.69) is 26.1 Å². The number of nitrogens with zero attached hydrogens (tertiary/aromatic N) is 1. The van der Waals surface area contributed by atoms with Crippen LogP contribution >= 0.6 is 40.7 Å². The molecular weight excluding hydrogens is 406 g/mol. The molecule has 1 atom stereocenters. The number of hydrogen-bond acceptors (Lipinski definition) is 3. The molecular formula is C16H24BrCl2FN2O. The zero-order chi connectivity index (χ0) is 14.7. The van der Waals surface area contributed by atoms with Gasteiger partial charge in [0.1, 0.15) is 5.82 Å². The van der Waals surface area contributed by atoms with Crippen LogP contribution in [-0.2, 0) is 4.74 Å². The van der Waals surface area contributed by atoms with Crippen LogP contribution in [0.25, 0.3) is 0 Å². The molecule has 1 N–H and O–H groups in total. The van der Waals surface area contributed by atoms with Crippen LogP contribution in [0.3, 0.4) is 0 Å². The van der Waals surface area contributed by atoms with Gasteiger partial charge in [0.25, 0.3) is 0 Å². The summed E-state index contributed by atoms with van der Waals surface area (Å²) in [4.78, 5) is 2.55. The van der Waals surface area contributed by atoms with E-state index in [-0.39, 0.29) is 30.6 Å². The SMILES string of the molecule is Cl.Cl.Fc1ccc([C@H](C2CCOCC2)N2CCNCC2)c(Br)c1. The smallest absolute Gasteiger partial charge is 0.124 e. The van der Waals surface area contributed by atoms with Gasteiger partial charge in [-0.15, -0.1) is 24.8 Å². The zero-order valence-corrected chi connectivity index (χ0v) is 16.2. The lowest BCUT2D eigenvalue weighted by Gasteiger charge is -2.41. The Balaban J connectivity index is 0.00000132. The maximum absolute atomic E-state index is 13.4. The van der Waals surface area contributed by atoms with Gasteiger partial charge in [-0.1, -0.05) is 22.0 Å². The molecule has 2 heterocycles. The summed E-state index contributed by atoms with van der Waals surface area (Å²) >= 11 is 3.57. The molecule has 132 valence electrons. The van der Waals surface area contributed by atoms with E-state index in [0.717, 1.165) is 56.7 Å². The Morgan fingerprint density at radius 2 is 1.83 bits per heavy atom. The minimum Gasteiger partial charge on any atom is -0.381 e. The molecule has 2 aliphatic rings. The molecule has 7 heteroatoms. The molecule has 0 amide bonds. The van der Waals surface area contributed by atoms with E-state index in [4.69, 9.17) is 4.74 Å². The van der Waals surface area contributed by atoms with E-state index >= 15 is 0 Å². The number of halogens is 4. The third kappa shape index (κ3) is 5.28. The van der Waals surface area contributed by atoms with Crippen LogP contribution in [0.4, 0.5) is 4.39 Å². The standard InChI is InChI=1S/C16H22BrFN2O.2ClH/c17-15-11-13(18)1-2-14(15)16(12-3-9-21-10-4-12)20-7-5-19-6-8-20;;/h1-2,11-12,16,19H,3-10H2;2*1H/t16-;;/m0../s1. The number of ether oxygens (including phenoxy) is 1. The summed E-state index contributed by atoms with van der Waals surface area (Å²) in [6.07, 6.45) is 2.16. The average molecular weight is 430 g/mol. The predicted octanol–water partition coefficient (Wildman–Crippen LogP) is 3.80. The molecule has 0 unspecified atom stereocenters. The summed E-state index contributed by atoms with van der Waals surface area (Å²) in [5.41, 5.74) is 1.21. The van der Waals surface area contributed by atoms with Crippen LogP contribution in [0.2, 0.25) is 0 Å². The molecule has 2 saturated heterocycles. The zero-order valence-electron chi connectivity index (χ0n) is 13.0. The number of nitrogens with one attached hydrogen (secondary N) is 1. The highest BCUT2D eigenvalue weighted by Gasteiger charge is 2.32. The Kier molecular flexibility index (Phi) is 9.34. The van der Waals surface area contributed by atoms with Gasteiger partial charge in [0, 0.05) is 49.9 Å². The molecule has 0 aliphatic carbocycles. The molecule has 3 nitrogen and oxygen atoms in total. The van der Waals surface area contributed by atoms with E-state index < -0.39 is 0 Å². The van der Waals surface area contributed by atoms with E-state index in [1.165, 1.54) is 5.56 Å². The van der Waals surface area contributed by atoms with Crippen molar-refractivity contribution < 1.29 is 9.13 Å². The summed E-state index contributed by atoms with van der Waals surface area (Å²) in [7, 11) is 0. The topological polar surface area (TPSA) is 24.5 Å². The largest absolute Gasteiger partial charge is 0.381 e. The van der Waals surface area contributed by atoms with Crippen molar-refractivity contribution in [3.8, 4) is 0 Å². The Bertz CT molecular complexity index is 465. The van der Waals surface area contributed by atoms with Crippen LogP contribution in [-0.4, -0.2) is 44.3 Å². The van der Waals surface area contributed by atoms with Crippen LogP contribution in [0.5, 0.6) is 0 Å². The fourth-order valence-electron chi connectivity index (χ4n) is 3.48. The first-order valence-corrected chi connectivity index (χ1v) is 8.52. The first kappa shape index (κ1) is 21.1. The molecule has 1 aromatic carbocycles. The second-order valence-electron chi connectivity index (χ2n) is 5.85. The summed E-state index contributed by atoms with van der Waals surface area (Å²) in [5.74, 6) is 0.398. The third-order valence-electron chi connectivity index (χ3n) is 4.54. The van der Waals surface area contributed by atoms with Gasteiger partial charge in [-0.25, -0.2) is 4.39 Å². The van der Waals surface area contributed by atoms with Gasteiger partial charge in [0.15, 0.2) is 0 Å². The average Bonchev–Trinajstić information content (AvgIpc) is 2.52. The first-order chi connectivity index (χ1) is 10.3. The lowest BCUT2D eigenvalue weighted by atomic mass is 9.85. The second kappa shape index (κ2) is 10.2. The van der Waals surface area contributed by atoms with Gasteiger partial charge < -0.3 is 10.1 Å². The summed E-state index contributed by atoms with van der Waals surface area (Å²) < 4.78 is 19.8. The monoisotopic (exact) mass is 428 g/mol. The first-order valence-electron chi connectivity index (χ1n) is 7.73. The Hall–Kier alpha value is 0.0900. The van der Waals surface area contributed by atoms with Crippen LogP contribution < -0.4 is 5.32 Å². The maximum Gasteiger partial charge on any atom is 0.124 e. The van der Waals surface area contributed by atoms with E-state index in [1.807, 2.05) is 6.07 Å². The van der Waals surface area contributed by atoms with Crippen LogP contribution in [0.1, 0.15) is 24.4 Å². The van der Waals surface area contributed by atoms with Gasteiger partial charge in [-0.2, -0.15) is 0 Å². The second-order valence-corrected chi connectivity index (χ2v) is 6.70. The normalized spacial score (nSPS) is 21.1. The van der Waals surface area contributed by atoms with E-state index in [1.54, 1.807) is 12.1 Å². The van der Waals surface area contributed by atoms with Crippen molar-refractivity contribution in [3.63, 3.8) is 0 Å². The lowest BCUT2D eigenvalue weighted by molar-refractivity contribution is 0.0211. The number of hydrogen-bond donors (Lipinski definition) is 1. The Morgan fingerprint density at radius 1 is 1.17 bits per heavy atom. The van der Waals surface area contributed by atoms with Gasteiger partial charge in [-0.05, 0) is 36.5 Å². The third-order valence-corrected chi connectivity index (χ3v) is 5.23. The fourth-order valence-corrected chi connectivity index (χ4v) is 4.07. The van der Waals surface area contributed by atoms with E-state index in [0.29, 0.717) is 12.0 Å². The molecule has 0 bridgehead atoms. The molecule has 1 aromatic rings. The van der Waals surface area contributed by atoms with Crippen molar-refractivity contribution in [1.82, 2.24) is 10.2 Å². The summed E-state index contributed by atoms with van der Waals surface area (Å²) in [6.45, 7) is 5.83. The predicted molar refractivity (Wildman–Crippen MR) is 99.3 cm³/mol. The molecule has 2 aliphatic heterocycles. The minimum absolute atomic E-state index is 0. The Morgan fingerprint density at radius 3 is 2.43 bits per heavy atom. The van der Waals surface area contributed by atoms with Gasteiger partial charge in [-0.3, -0.25) is 4.90 Å². The lowest BCUT2D eigenvalue weighted by Crippen LogP contribution is -2.47. The van der Waals surface area contributed by atoms with Crippen molar-refractivity contribution in [2.24, 2.45) is 5.92 Å². The molecule has 3 rings (SSSR count). The summed E-state index contributed by atoms with van der Waals surface area (Å²) in [5, 5.41) is 3.41. The van der Waals surface area contributed by atoms with Crippen LogP contribution in [0.15, 0.2) is 22.7 Å². The number of piperazine rings is 1. The van der Waals surface area contributed by atoms with Crippen molar-refractivity contribution in [2.45, 2.75) is 18.9 Å². The number of benzene rings is 1. The molecule has 0 saturated carbocycles. The van der Waals surface area contributed by atoms with Gasteiger partial charge in [0.2, 0.25) is 0 Å². The molecule has 0 aromatic heterocycles.